The van der Waals surface area contributed by atoms with Crippen LogP contribution in [-0.4, -0.2) is 28.2 Å². The summed E-state index contributed by atoms with van der Waals surface area (Å²) in [5.74, 6) is 0. The molecule has 0 atom stereocenters. The van der Waals surface area contributed by atoms with E-state index in [9.17, 15) is 0 Å². The van der Waals surface area contributed by atoms with Gasteiger partial charge in [0.2, 0.25) is 0 Å². The van der Waals surface area contributed by atoms with E-state index in [2.05, 4.69) is 14.0 Å². The maximum atomic E-state index is 6.75. The minimum Gasteiger partial charge on any atom is -0.569 e. The van der Waals surface area contributed by atoms with Crippen molar-refractivity contribution in [1.29, 1.82) is 0 Å². The molecule has 50 valence electrons. The molecule has 1 aromatic rings. The first kappa shape index (κ1) is 12.5. The van der Waals surface area contributed by atoms with Crippen molar-refractivity contribution in [3.63, 3.8) is 0 Å². The van der Waals surface area contributed by atoms with E-state index in [0.717, 1.165) is 5.56 Å². The van der Waals surface area contributed by atoms with E-state index in [0.29, 0.717) is 0 Å². The van der Waals surface area contributed by atoms with Gasteiger partial charge in [0.25, 0.3) is 0 Å². The summed E-state index contributed by atoms with van der Waals surface area (Å²) in [6, 6.07) is 9.87. The quantitative estimate of drug-likeness (QED) is 0.436. The Morgan fingerprint density at radius 2 is 1.40 bits per heavy atom. The zero-order valence-corrected chi connectivity index (χ0v) is 7.37. The molecule has 0 saturated heterocycles. The van der Waals surface area contributed by atoms with E-state index < -0.39 is 0 Å². The first-order valence-electron chi connectivity index (χ1n) is 2.58. The SMILES string of the molecule is [CH2-]O.[CH2-]c1ccccc1.[Mg+2]. The topological polar surface area (TPSA) is 20.2 Å². The summed E-state index contributed by atoms with van der Waals surface area (Å²) in [6.45, 7) is 3.72. The van der Waals surface area contributed by atoms with Crippen molar-refractivity contribution in [3.05, 3.63) is 49.9 Å². The van der Waals surface area contributed by atoms with E-state index in [-0.39, 0.29) is 23.1 Å². The maximum Gasteiger partial charge on any atom is 2.00 e. The van der Waals surface area contributed by atoms with Gasteiger partial charge in [0.1, 0.15) is 0 Å². The molecule has 2 heteroatoms. The van der Waals surface area contributed by atoms with Crippen molar-refractivity contribution in [3.8, 4) is 0 Å². The van der Waals surface area contributed by atoms with Gasteiger partial charge in [0.15, 0.2) is 0 Å². The van der Waals surface area contributed by atoms with Crippen LogP contribution in [0.3, 0.4) is 0 Å². The fraction of sp³-hybridized carbons (Fsp3) is 0. The van der Waals surface area contributed by atoms with Gasteiger partial charge in [0.05, 0.1) is 0 Å². The number of aliphatic hydroxyl groups excluding tert-OH is 1. The molecular formula is C8H10MgO. The van der Waals surface area contributed by atoms with Gasteiger partial charge < -0.3 is 5.11 Å². The van der Waals surface area contributed by atoms with Gasteiger partial charge in [-0.1, -0.05) is 6.07 Å². The van der Waals surface area contributed by atoms with Crippen molar-refractivity contribution in [1.82, 2.24) is 0 Å². The van der Waals surface area contributed by atoms with Crippen LogP contribution in [0, 0.1) is 14.0 Å². The Labute approximate surface area is 78.2 Å². The van der Waals surface area contributed by atoms with E-state index in [4.69, 9.17) is 5.11 Å². The molecule has 0 unspecified atom stereocenters. The standard InChI is InChI=1S/C7H7.CH3O.Mg/c1-7-5-3-2-4-6-7;1-2;/h2-6H,1H2;2H,1H2;/q2*-1;+2. The van der Waals surface area contributed by atoms with Crippen LogP contribution in [0.15, 0.2) is 30.3 Å². The molecule has 0 bridgehead atoms. The molecule has 0 aliphatic rings. The summed E-state index contributed by atoms with van der Waals surface area (Å²) < 4.78 is 0. The summed E-state index contributed by atoms with van der Waals surface area (Å²) >= 11 is 0. The van der Waals surface area contributed by atoms with Crippen LogP contribution in [0.4, 0.5) is 0 Å². The molecule has 1 rings (SSSR count). The van der Waals surface area contributed by atoms with Crippen molar-refractivity contribution >= 4 is 23.1 Å². The van der Waals surface area contributed by atoms with Crippen LogP contribution in [0.2, 0.25) is 0 Å². The minimum atomic E-state index is 0. The van der Waals surface area contributed by atoms with Crippen molar-refractivity contribution in [2.75, 3.05) is 0 Å². The summed E-state index contributed by atoms with van der Waals surface area (Å²) in [5.41, 5.74) is 1.07. The normalized spacial score (nSPS) is 6.60. The number of rotatable bonds is 0. The van der Waals surface area contributed by atoms with Crippen molar-refractivity contribution in [2.45, 2.75) is 0 Å². The second kappa shape index (κ2) is 8.82. The van der Waals surface area contributed by atoms with E-state index in [1.807, 2.05) is 30.3 Å². The fourth-order valence-electron chi connectivity index (χ4n) is 0.478. The largest absolute Gasteiger partial charge is 2.00 e. The first-order valence-corrected chi connectivity index (χ1v) is 2.58. The molecule has 0 amide bonds. The average molecular weight is 146 g/mol. The van der Waals surface area contributed by atoms with Gasteiger partial charge in [0, 0.05) is 0 Å². The van der Waals surface area contributed by atoms with Crippen LogP contribution in [0.5, 0.6) is 0 Å². The Morgan fingerprint density at radius 1 is 1.00 bits per heavy atom. The van der Waals surface area contributed by atoms with E-state index >= 15 is 0 Å². The number of hydrogen-bond acceptors (Lipinski definition) is 1. The molecule has 0 aliphatic carbocycles. The van der Waals surface area contributed by atoms with Crippen LogP contribution in [0.1, 0.15) is 5.56 Å². The van der Waals surface area contributed by atoms with Crippen molar-refractivity contribution < 1.29 is 5.11 Å². The third-order valence-corrected chi connectivity index (χ3v) is 0.843. The molecule has 1 nitrogen and oxygen atoms in total. The van der Waals surface area contributed by atoms with Crippen LogP contribution < -0.4 is 0 Å². The van der Waals surface area contributed by atoms with Crippen molar-refractivity contribution in [2.24, 2.45) is 0 Å². The molecule has 0 spiro atoms. The van der Waals surface area contributed by atoms with Gasteiger partial charge in [-0.15, -0.1) is 12.1 Å². The fourth-order valence-corrected chi connectivity index (χ4v) is 0.478. The summed E-state index contributed by atoms with van der Waals surface area (Å²) in [6.07, 6.45) is 0. The van der Waals surface area contributed by atoms with Gasteiger partial charge in [-0.25, -0.2) is 7.11 Å². The Bertz CT molecular complexity index is 139. The smallest absolute Gasteiger partial charge is 0.569 e. The summed E-state index contributed by atoms with van der Waals surface area (Å²) in [7, 11) is 2.25. The summed E-state index contributed by atoms with van der Waals surface area (Å²) in [4.78, 5) is 0. The number of hydrogen-bond donors (Lipinski definition) is 1. The van der Waals surface area contributed by atoms with Gasteiger partial charge in [-0.3, -0.25) is 0 Å². The number of benzene rings is 1. The Balaban J connectivity index is 0. The summed E-state index contributed by atoms with van der Waals surface area (Å²) in [5, 5.41) is 6.75. The first-order chi connectivity index (χ1) is 4.39. The predicted molar refractivity (Wildman–Crippen MR) is 43.9 cm³/mol. The Morgan fingerprint density at radius 3 is 1.60 bits per heavy atom. The molecular weight excluding hydrogens is 136 g/mol. The molecule has 1 aromatic carbocycles. The van der Waals surface area contributed by atoms with Crippen LogP contribution in [0.25, 0.3) is 0 Å². The molecule has 0 saturated carbocycles. The average Bonchev–Trinajstić information content (AvgIpc) is 1.94. The molecule has 0 aliphatic heterocycles. The number of aliphatic hydroxyl groups is 1. The van der Waals surface area contributed by atoms with Gasteiger partial charge >= 0.3 is 23.1 Å². The third kappa shape index (κ3) is 5.94. The Hall–Kier alpha value is -0.184. The van der Waals surface area contributed by atoms with Crippen LogP contribution >= 0.6 is 0 Å². The second-order valence-corrected chi connectivity index (χ2v) is 1.49. The second-order valence-electron chi connectivity index (χ2n) is 1.49. The molecule has 0 fully saturated rings. The zero-order chi connectivity index (χ0) is 7.11. The third-order valence-electron chi connectivity index (χ3n) is 0.843. The molecule has 1 N–H and O–H groups in total. The zero-order valence-electron chi connectivity index (χ0n) is 5.96. The Kier molecular flexibility index (Phi) is 11.0. The van der Waals surface area contributed by atoms with Gasteiger partial charge in [-0.05, 0) is 0 Å². The molecule has 0 radical (unpaired) electrons. The van der Waals surface area contributed by atoms with E-state index in [1.54, 1.807) is 0 Å². The molecule has 0 aromatic heterocycles. The predicted octanol–water partition coefficient (Wildman–Crippen LogP) is 1.64. The van der Waals surface area contributed by atoms with Crippen LogP contribution in [-0.2, 0) is 0 Å². The van der Waals surface area contributed by atoms with Gasteiger partial charge in [-0.2, -0.15) is 24.6 Å². The maximum absolute atomic E-state index is 6.75. The minimum absolute atomic E-state index is 0. The van der Waals surface area contributed by atoms with E-state index in [1.165, 1.54) is 0 Å². The monoisotopic (exact) mass is 146 g/mol. The molecule has 10 heavy (non-hydrogen) atoms. The molecule has 0 heterocycles.